The van der Waals surface area contributed by atoms with Crippen molar-refractivity contribution in [2.45, 2.75) is 69.2 Å². The fourth-order valence-corrected chi connectivity index (χ4v) is 4.26. The van der Waals surface area contributed by atoms with Gasteiger partial charge in [-0.1, -0.05) is 99.3 Å². The Labute approximate surface area is 277 Å². The molecule has 4 saturated carbocycles. The average molecular weight is 604 g/mol. The summed E-state index contributed by atoms with van der Waals surface area (Å²) in [5, 5.41) is 0. The fourth-order valence-electron chi connectivity index (χ4n) is 4.26. The minimum Gasteiger partial charge on any atom is -0.0888 e. The topological polar surface area (TPSA) is 0 Å². The van der Waals surface area contributed by atoms with Crippen molar-refractivity contribution in [2.24, 2.45) is 0 Å². The van der Waals surface area contributed by atoms with Crippen LogP contribution in [0.25, 0.3) is 0 Å². The molecule has 0 heterocycles. The van der Waals surface area contributed by atoms with E-state index in [0.717, 1.165) is 11.5 Å². The molecule has 0 aliphatic heterocycles. The van der Waals surface area contributed by atoms with Crippen molar-refractivity contribution in [2.75, 3.05) is 0 Å². The van der Waals surface area contributed by atoms with Crippen LogP contribution in [0.5, 0.6) is 0 Å². The summed E-state index contributed by atoms with van der Waals surface area (Å²) in [5.41, 5.74) is 1.06. The summed E-state index contributed by atoms with van der Waals surface area (Å²) < 4.78 is 0. The van der Waals surface area contributed by atoms with E-state index in [9.17, 15) is 0 Å². The van der Waals surface area contributed by atoms with E-state index in [1.165, 1.54) is 59.2 Å². The van der Waals surface area contributed by atoms with Gasteiger partial charge in [0, 0.05) is 5.56 Å². The predicted octanol–water partition coefficient (Wildman–Crippen LogP) is 9.40. The van der Waals surface area contributed by atoms with Crippen molar-refractivity contribution in [3.63, 3.8) is 0 Å². The molecule has 0 unspecified atom stereocenters. The Bertz CT molecular complexity index is 688. The van der Waals surface area contributed by atoms with Crippen LogP contribution in [0.3, 0.4) is 0 Å². The molecular formula is C38H44FeTi+4. The second kappa shape index (κ2) is 20.8. The standard InChI is InChI=1S/C13H9.2C10H15.C5H5.Fe.Ti/c1-2-6-12(7-3-1)10-11-13-8-4-5-9-13;2*1-6-7(2)9(4)10(5)8(6)3;1-2-4-5-3-1;;/h1-9H;2*1-5H3;1-5H;;/q;;;;2*+2. The summed E-state index contributed by atoms with van der Waals surface area (Å²) in [6, 6.07) is 10.0. The number of rotatable bonds is 0. The first-order valence-corrected chi connectivity index (χ1v) is 13.4. The molecule has 0 N–H and O–H groups in total. The van der Waals surface area contributed by atoms with Crippen molar-refractivity contribution < 1.29 is 38.8 Å². The van der Waals surface area contributed by atoms with Gasteiger partial charge in [-0.2, -0.15) is 0 Å². The zero-order valence-corrected chi connectivity index (χ0v) is 28.6. The van der Waals surface area contributed by atoms with Crippen molar-refractivity contribution in [1.29, 1.82) is 0 Å². The molecule has 4 fully saturated rings. The molecule has 2 heteroatoms. The van der Waals surface area contributed by atoms with Crippen molar-refractivity contribution in [1.82, 2.24) is 0 Å². The molecule has 4 aliphatic carbocycles. The first kappa shape index (κ1) is 40.0. The van der Waals surface area contributed by atoms with E-state index in [-0.39, 0.29) is 38.8 Å². The first-order valence-electron chi connectivity index (χ1n) is 13.4. The Kier molecular flexibility index (Phi) is 20.8. The van der Waals surface area contributed by atoms with Crippen LogP contribution in [0, 0.1) is 135 Å². The van der Waals surface area contributed by atoms with Gasteiger partial charge in [0.05, 0.1) is 5.92 Å². The third-order valence-electron chi connectivity index (χ3n) is 7.97. The van der Waals surface area contributed by atoms with Crippen molar-refractivity contribution in [3.8, 4) is 11.8 Å². The van der Waals surface area contributed by atoms with Crippen LogP contribution in [0.15, 0.2) is 30.3 Å². The van der Waals surface area contributed by atoms with Crippen molar-refractivity contribution in [3.05, 3.63) is 159 Å². The molecule has 4 aliphatic rings. The third-order valence-corrected chi connectivity index (χ3v) is 7.97. The molecule has 40 heavy (non-hydrogen) atoms. The quantitative estimate of drug-likeness (QED) is 0.205. The van der Waals surface area contributed by atoms with E-state index < -0.39 is 0 Å². The van der Waals surface area contributed by atoms with Gasteiger partial charge in [-0.15, -0.1) is 0 Å². The summed E-state index contributed by atoms with van der Waals surface area (Å²) in [5.74, 6) is 21.9. The van der Waals surface area contributed by atoms with Gasteiger partial charge >= 0.3 is 38.8 Å². The zero-order valence-electron chi connectivity index (χ0n) is 25.9. The van der Waals surface area contributed by atoms with Gasteiger partial charge in [-0.25, -0.2) is 0 Å². The molecule has 0 amide bonds. The monoisotopic (exact) mass is 604 g/mol. The number of benzene rings is 1. The fraction of sp³-hybridized carbons (Fsp3) is 0.263. The zero-order chi connectivity index (χ0) is 28.2. The molecule has 0 bridgehead atoms. The second-order valence-electron chi connectivity index (χ2n) is 10.0. The van der Waals surface area contributed by atoms with Gasteiger partial charge in [0.25, 0.3) is 0 Å². The maximum atomic E-state index is 3.10. The predicted molar refractivity (Wildman–Crippen MR) is 164 cm³/mol. The number of hydrogen-bond acceptors (Lipinski definition) is 0. The largest absolute Gasteiger partial charge is 2.00 e. The maximum Gasteiger partial charge on any atom is 2.00 e. The summed E-state index contributed by atoms with van der Waals surface area (Å²) in [7, 11) is 0. The van der Waals surface area contributed by atoms with Crippen LogP contribution in [0.2, 0.25) is 0 Å². The second-order valence-corrected chi connectivity index (χ2v) is 10.0. The molecule has 1 aromatic rings. The van der Waals surface area contributed by atoms with Gasteiger partial charge in [-0.05, 0) is 129 Å². The molecule has 204 valence electrons. The summed E-state index contributed by atoms with van der Waals surface area (Å²) >= 11 is 0. The Morgan fingerprint density at radius 3 is 0.925 bits per heavy atom. The molecule has 0 saturated heterocycles. The average Bonchev–Trinajstić information content (AvgIpc) is 3.75. The van der Waals surface area contributed by atoms with Crippen LogP contribution in [0.1, 0.15) is 74.8 Å². The Hall–Kier alpha value is 0.0138. The molecule has 20 radical (unpaired) electrons. The van der Waals surface area contributed by atoms with E-state index in [1.807, 2.05) is 88.1 Å². The van der Waals surface area contributed by atoms with Gasteiger partial charge in [0.2, 0.25) is 0 Å². The number of hydrogen-bond donors (Lipinski definition) is 0. The van der Waals surface area contributed by atoms with E-state index in [2.05, 4.69) is 81.1 Å². The van der Waals surface area contributed by atoms with Gasteiger partial charge in [0.15, 0.2) is 0 Å². The van der Waals surface area contributed by atoms with Crippen LogP contribution in [-0.2, 0) is 38.8 Å². The van der Waals surface area contributed by atoms with Crippen LogP contribution >= 0.6 is 0 Å². The molecule has 0 atom stereocenters. The van der Waals surface area contributed by atoms with Crippen molar-refractivity contribution >= 4 is 0 Å². The third kappa shape index (κ3) is 12.3. The minimum absolute atomic E-state index is 0. The molecule has 1 aromatic carbocycles. The molecule has 0 nitrogen and oxygen atoms in total. The smallest absolute Gasteiger partial charge is 0.0888 e. The summed E-state index contributed by atoms with van der Waals surface area (Å²) in [4.78, 5) is 0. The molecule has 0 aromatic heterocycles. The molecule has 0 spiro atoms. The molecular weight excluding hydrogens is 560 g/mol. The van der Waals surface area contributed by atoms with E-state index >= 15 is 0 Å². The maximum absolute atomic E-state index is 3.10. The van der Waals surface area contributed by atoms with E-state index in [4.69, 9.17) is 0 Å². The van der Waals surface area contributed by atoms with E-state index in [0.29, 0.717) is 0 Å². The van der Waals surface area contributed by atoms with Crippen LogP contribution < -0.4 is 0 Å². The van der Waals surface area contributed by atoms with Gasteiger partial charge < -0.3 is 0 Å². The van der Waals surface area contributed by atoms with Crippen LogP contribution in [-0.4, -0.2) is 0 Å². The minimum atomic E-state index is 0. The van der Waals surface area contributed by atoms with Gasteiger partial charge in [-0.3, -0.25) is 0 Å². The SMILES string of the molecule is C(#Cc1ccccc1)[C]1[CH][CH][CH][CH]1.C[C]1[C](C)[C](C)[C](C)[C]1C.C[C]1[C](C)[C](C)[C](C)[C]1C.[CH]1[CH][CH][CH][CH]1.[Fe+2].[Ti+2]. The summed E-state index contributed by atoms with van der Waals surface area (Å²) in [6.07, 6.45) is 18.0. The van der Waals surface area contributed by atoms with E-state index in [1.54, 1.807) is 0 Å². The van der Waals surface area contributed by atoms with Gasteiger partial charge in [0.1, 0.15) is 0 Å². The molecule has 5 rings (SSSR count). The summed E-state index contributed by atoms with van der Waals surface area (Å²) in [6.45, 7) is 22.0. The first-order chi connectivity index (χ1) is 18.1. The Morgan fingerprint density at radius 1 is 0.375 bits per heavy atom. The van der Waals surface area contributed by atoms with Crippen LogP contribution in [0.4, 0.5) is 0 Å². The Morgan fingerprint density at radius 2 is 0.650 bits per heavy atom. The normalized spacial score (nSPS) is 22.6. The Balaban J connectivity index is 0.000000518.